The van der Waals surface area contributed by atoms with E-state index in [0.717, 1.165) is 18.5 Å². The van der Waals surface area contributed by atoms with E-state index >= 15 is 0 Å². The fraction of sp³-hybridized carbons (Fsp3) is 0.368. The Morgan fingerprint density at radius 1 is 1.29 bits per heavy atom. The Morgan fingerprint density at radius 3 is 2.88 bits per heavy atom. The van der Waals surface area contributed by atoms with Crippen molar-refractivity contribution < 1.29 is 4.79 Å². The third kappa shape index (κ3) is 3.67. The Bertz CT molecular complexity index is 802. The van der Waals surface area contributed by atoms with Crippen LogP contribution in [0.15, 0.2) is 43.0 Å². The standard InChI is InChI=1S/C19H24N4O/c1-14(2)23-12-15(17-5-3-4-6-18(17)23)7-8-19(24)21-10-9-16-11-20-13-22-16/h3-6,11-14H,7-10H2,1-2H3,(H,20,22)(H,21,24). The lowest BCUT2D eigenvalue weighted by molar-refractivity contribution is -0.121. The minimum absolute atomic E-state index is 0.0934. The zero-order chi connectivity index (χ0) is 16.9. The van der Waals surface area contributed by atoms with Gasteiger partial charge in [0.15, 0.2) is 0 Å². The minimum atomic E-state index is 0.0934. The van der Waals surface area contributed by atoms with Crippen molar-refractivity contribution in [3.05, 3.63) is 54.2 Å². The zero-order valence-electron chi connectivity index (χ0n) is 14.2. The molecule has 1 amide bonds. The van der Waals surface area contributed by atoms with Crippen LogP contribution in [0, 0.1) is 0 Å². The van der Waals surface area contributed by atoms with Crippen molar-refractivity contribution in [2.45, 2.75) is 39.2 Å². The number of fused-ring (bicyclic) bond motifs is 1. The van der Waals surface area contributed by atoms with Crippen molar-refractivity contribution >= 4 is 16.8 Å². The third-order valence-corrected chi connectivity index (χ3v) is 4.27. The predicted molar refractivity (Wildman–Crippen MR) is 95.9 cm³/mol. The van der Waals surface area contributed by atoms with Gasteiger partial charge in [0.1, 0.15) is 0 Å². The summed E-state index contributed by atoms with van der Waals surface area (Å²) in [5, 5.41) is 4.22. The quantitative estimate of drug-likeness (QED) is 0.701. The molecule has 2 N–H and O–H groups in total. The Labute approximate surface area is 142 Å². The van der Waals surface area contributed by atoms with Gasteiger partial charge in [-0.15, -0.1) is 0 Å². The largest absolute Gasteiger partial charge is 0.356 e. The number of nitrogens with one attached hydrogen (secondary N) is 2. The summed E-state index contributed by atoms with van der Waals surface area (Å²) in [6.07, 6.45) is 7.67. The lowest BCUT2D eigenvalue weighted by Crippen LogP contribution is -2.25. The number of para-hydroxylation sites is 1. The van der Waals surface area contributed by atoms with Crippen LogP contribution in [0.1, 0.15) is 37.6 Å². The van der Waals surface area contributed by atoms with Crippen molar-refractivity contribution in [3.8, 4) is 0 Å². The zero-order valence-corrected chi connectivity index (χ0v) is 14.2. The van der Waals surface area contributed by atoms with Gasteiger partial charge < -0.3 is 14.9 Å². The summed E-state index contributed by atoms with van der Waals surface area (Å²) in [5.74, 6) is 0.0934. The van der Waals surface area contributed by atoms with E-state index in [9.17, 15) is 4.79 Å². The molecule has 24 heavy (non-hydrogen) atoms. The van der Waals surface area contributed by atoms with Gasteiger partial charge in [0.05, 0.1) is 6.33 Å². The first kappa shape index (κ1) is 16.3. The van der Waals surface area contributed by atoms with Crippen molar-refractivity contribution in [2.75, 3.05) is 6.54 Å². The molecule has 0 aliphatic rings. The summed E-state index contributed by atoms with van der Waals surface area (Å²) in [4.78, 5) is 19.1. The van der Waals surface area contributed by atoms with Gasteiger partial charge >= 0.3 is 0 Å². The number of imidazole rings is 1. The predicted octanol–water partition coefficient (Wildman–Crippen LogP) is 3.24. The molecule has 2 aromatic heterocycles. The maximum absolute atomic E-state index is 12.1. The summed E-state index contributed by atoms with van der Waals surface area (Å²) in [5.41, 5.74) is 3.51. The number of aryl methyl sites for hydroxylation is 1. The van der Waals surface area contributed by atoms with Crippen LogP contribution >= 0.6 is 0 Å². The molecule has 126 valence electrons. The highest BCUT2D eigenvalue weighted by Crippen LogP contribution is 2.25. The van der Waals surface area contributed by atoms with Crippen LogP contribution in [-0.4, -0.2) is 27.0 Å². The number of carbonyl (C=O) groups excluding carboxylic acids is 1. The van der Waals surface area contributed by atoms with E-state index in [1.807, 2.05) is 0 Å². The van der Waals surface area contributed by atoms with Gasteiger partial charge in [-0.05, 0) is 31.9 Å². The van der Waals surface area contributed by atoms with E-state index in [1.54, 1.807) is 12.5 Å². The Morgan fingerprint density at radius 2 is 2.12 bits per heavy atom. The van der Waals surface area contributed by atoms with E-state index in [0.29, 0.717) is 19.0 Å². The van der Waals surface area contributed by atoms with Gasteiger partial charge in [-0.1, -0.05) is 18.2 Å². The number of rotatable bonds is 7. The third-order valence-electron chi connectivity index (χ3n) is 4.27. The Balaban J connectivity index is 1.58. The lowest BCUT2D eigenvalue weighted by Gasteiger charge is -2.08. The van der Waals surface area contributed by atoms with Crippen LogP contribution in [0.4, 0.5) is 0 Å². The molecule has 0 bridgehead atoms. The van der Waals surface area contributed by atoms with Crippen molar-refractivity contribution in [2.24, 2.45) is 0 Å². The first-order valence-corrected chi connectivity index (χ1v) is 8.47. The average Bonchev–Trinajstić information content (AvgIpc) is 3.20. The van der Waals surface area contributed by atoms with Gasteiger partial charge in [-0.25, -0.2) is 4.98 Å². The second-order valence-corrected chi connectivity index (χ2v) is 6.35. The summed E-state index contributed by atoms with van der Waals surface area (Å²) in [7, 11) is 0. The minimum Gasteiger partial charge on any atom is -0.356 e. The van der Waals surface area contributed by atoms with Gasteiger partial charge in [-0.3, -0.25) is 4.79 Å². The normalized spacial score (nSPS) is 11.3. The second-order valence-electron chi connectivity index (χ2n) is 6.35. The topological polar surface area (TPSA) is 62.7 Å². The highest BCUT2D eigenvalue weighted by Gasteiger charge is 2.11. The first-order chi connectivity index (χ1) is 11.6. The Kier molecular flexibility index (Phi) is 4.99. The fourth-order valence-electron chi connectivity index (χ4n) is 3.00. The van der Waals surface area contributed by atoms with Crippen LogP contribution in [0.3, 0.4) is 0 Å². The molecule has 5 heteroatoms. The summed E-state index contributed by atoms with van der Waals surface area (Å²) < 4.78 is 2.28. The number of benzene rings is 1. The number of carbonyl (C=O) groups is 1. The number of H-pyrrole nitrogens is 1. The van der Waals surface area contributed by atoms with Crippen LogP contribution in [-0.2, 0) is 17.6 Å². The molecule has 0 unspecified atom stereocenters. The van der Waals surface area contributed by atoms with Crippen LogP contribution in [0.5, 0.6) is 0 Å². The smallest absolute Gasteiger partial charge is 0.220 e. The maximum Gasteiger partial charge on any atom is 0.220 e. The molecule has 0 saturated carbocycles. The number of amides is 1. The highest BCUT2D eigenvalue weighted by molar-refractivity contribution is 5.85. The first-order valence-electron chi connectivity index (χ1n) is 8.47. The molecule has 0 radical (unpaired) electrons. The molecule has 0 atom stereocenters. The summed E-state index contributed by atoms with van der Waals surface area (Å²) in [6.45, 7) is 4.99. The number of aromatic nitrogens is 3. The number of hydrogen-bond donors (Lipinski definition) is 2. The molecule has 5 nitrogen and oxygen atoms in total. The van der Waals surface area contributed by atoms with E-state index in [-0.39, 0.29) is 5.91 Å². The molecular formula is C19H24N4O. The van der Waals surface area contributed by atoms with Crippen molar-refractivity contribution in [1.82, 2.24) is 19.9 Å². The highest BCUT2D eigenvalue weighted by atomic mass is 16.1. The van der Waals surface area contributed by atoms with E-state index in [4.69, 9.17) is 0 Å². The summed E-state index contributed by atoms with van der Waals surface area (Å²) >= 11 is 0. The molecule has 2 heterocycles. The number of hydrogen-bond acceptors (Lipinski definition) is 2. The van der Waals surface area contributed by atoms with Crippen LogP contribution in [0.2, 0.25) is 0 Å². The van der Waals surface area contributed by atoms with Crippen molar-refractivity contribution in [1.29, 1.82) is 0 Å². The molecule has 3 rings (SSSR count). The second kappa shape index (κ2) is 7.34. The molecule has 0 aliphatic heterocycles. The van der Waals surface area contributed by atoms with E-state index in [1.165, 1.54) is 16.5 Å². The Hall–Kier alpha value is -2.56. The number of aromatic amines is 1. The van der Waals surface area contributed by atoms with Gasteiger partial charge in [0, 0.05) is 54.4 Å². The molecule has 0 saturated heterocycles. The molecule has 0 fully saturated rings. The van der Waals surface area contributed by atoms with Crippen LogP contribution in [0.25, 0.3) is 10.9 Å². The molecule has 0 spiro atoms. The van der Waals surface area contributed by atoms with Gasteiger partial charge in [0.2, 0.25) is 5.91 Å². The molecule has 0 aliphatic carbocycles. The van der Waals surface area contributed by atoms with E-state index < -0.39 is 0 Å². The summed E-state index contributed by atoms with van der Waals surface area (Å²) in [6, 6.07) is 8.81. The molecule has 3 aromatic rings. The monoisotopic (exact) mass is 324 g/mol. The fourth-order valence-corrected chi connectivity index (χ4v) is 3.00. The van der Waals surface area contributed by atoms with Crippen molar-refractivity contribution in [3.63, 3.8) is 0 Å². The van der Waals surface area contributed by atoms with E-state index in [2.05, 4.69) is 64.2 Å². The molecular weight excluding hydrogens is 300 g/mol. The average molecular weight is 324 g/mol. The van der Waals surface area contributed by atoms with Crippen LogP contribution < -0.4 is 5.32 Å². The number of nitrogens with zero attached hydrogens (tertiary/aromatic N) is 2. The lowest BCUT2D eigenvalue weighted by atomic mass is 10.1. The molecule has 1 aromatic carbocycles. The van der Waals surface area contributed by atoms with Gasteiger partial charge in [-0.2, -0.15) is 0 Å². The maximum atomic E-state index is 12.1. The SMILES string of the molecule is CC(C)n1cc(CCC(=O)NCCc2cnc[nH]2)c2ccccc21. The van der Waals surface area contributed by atoms with Gasteiger partial charge in [0.25, 0.3) is 0 Å².